The molecule has 120 valence electrons. The molecule has 2 heterocycles. The Morgan fingerprint density at radius 3 is 2.57 bits per heavy atom. The molecule has 0 aliphatic carbocycles. The van der Waals surface area contributed by atoms with Crippen LogP contribution in [0.15, 0.2) is 36.4 Å². The molecule has 2 atom stereocenters. The van der Waals surface area contributed by atoms with Gasteiger partial charge in [-0.3, -0.25) is 0 Å². The van der Waals surface area contributed by atoms with Gasteiger partial charge in [-0.2, -0.15) is 0 Å². The molecule has 0 saturated carbocycles. The zero-order chi connectivity index (χ0) is 16.0. The number of ether oxygens (including phenoxy) is 4. The van der Waals surface area contributed by atoms with E-state index in [0.29, 0.717) is 12.2 Å². The van der Waals surface area contributed by atoms with Gasteiger partial charge in [0, 0.05) is 23.6 Å². The summed E-state index contributed by atoms with van der Waals surface area (Å²) in [6, 6.07) is 11.2. The summed E-state index contributed by atoms with van der Waals surface area (Å²) < 4.78 is 22.4. The van der Waals surface area contributed by atoms with E-state index >= 15 is 0 Å². The molecular weight excluding hydrogens is 296 g/mol. The van der Waals surface area contributed by atoms with Gasteiger partial charge in [-0.05, 0) is 30.3 Å². The van der Waals surface area contributed by atoms with Gasteiger partial charge >= 0.3 is 0 Å². The first-order valence-electron chi connectivity index (χ1n) is 7.50. The second kappa shape index (κ2) is 5.06. The fraction of sp³-hybridized carbons (Fsp3) is 0.333. The predicted octanol–water partition coefficient (Wildman–Crippen LogP) is 2.50. The maximum atomic E-state index is 11.1. The number of hydrogen-bond acceptors (Lipinski definition) is 5. The third kappa shape index (κ3) is 2.19. The van der Waals surface area contributed by atoms with E-state index in [-0.39, 0.29) is 6.61 Å². The maximum Gasteiger partial charge on any atom is 0.160 e. The summed E-state index contributed by atoms with van der Waals surface area (Å²) >= 11 is 0. The van der Waals surface area contributed by atoms with E-state index in [0.717, 1.165) is 28.4 Å². The minimum Gasteiger partial charge on any atom is -0.497 e. The van der Waals surface area contributed by atoms with Crippen LogP contribution in [0.2, 0.25) is 0 Å². The molecule has 0 bridgehead atoms. The molecule has 0 amide bonds. The van der Waals surface area contributed by atoms with Crippen LogP contribution in [0.25, 0.3) is 0 Å². The summed E-state index contributed by atoms with van der Waals surface area (Å²) in [5, 5.41) is 11.1. The van der Waals surface area contributed by atoms with Crippen molar-refractivity contribution >= 4 is 0 Å². The average Bonchev–Trinajstić information content (AvgIpc) is 2.58. The zero-order valence-electron chi connectivity index (χ0n) is 13.0. The van der Waals surface area contributed by atoms with Crippen LogP contribution in [-0.4, -0.2) is 31.5 Å². The van der Waals surface area contributed by atoms with E-state index in [1.54, 1.807) is 14.2 Å². The van der Waals surface area contributed by atoms with Crippen LogP contribution < -0.4 is 18.9 Å². The van der Waals surface area contributed by atoms with Crippen molar-refractivity contribution in [3.8, 4) is 23.0 Å². The van der Waals surface area contributed by atoms with E-state index in [9.17, 15) is 5.11 Å². The lowest BCUT2D eigenvalue weighted by Crippen LogP contribution is -2.51. The van der Waals surface area contributed by atoms with Crippen molar-refractivity contribution in [2.45, 2.75) is 18.1 Å². The van der Waals surface area contributed by atoms with E-state index in [1.807, 2.05) is 36.4 Å². The highest BCUT2D eigenvalue weighted by molar-refractivity contribution is 5.49. The molecule has 5 heteroatoms. The van der Waals surface area contributed by atoms with Gasteiger partial charge in [-0.1, -0.05) is 0 Å². The molecule has 23 heavy (non-hydrogen) atoms. The Balaban J connectivity index is 1.76. The highest BCUT2D eigenvalue weighted by Gasteiger charge is 2.48. The van der Waals surface area contributed by atoms with Gasteiger partial charge in [0.05, 0.1) is 14.2 Å². The number of methoxy groups -OCH3 is 2. The molecule has 4 rings (SSSR count). The summed E-state index contributed by atoms with van der Waals surface area (Å²) in [5.74, 6) is 2.92. The summed E-state index contributed by atoms with van der Waals surface area (Å²) in [5.41, 5.74) is 0.658. The largest absolute Gasteiger partial charge is 0.497 e. The molecule has 0 fully saturated rings. The van der Waals surface area contributed by atoms with Gasteiger partial charge in [0.1, 0.15) is 35.2 Å². The van der Waals surface area contributed by atoms with Gasteiger partial charge in [-0.15, -0.1) is 0 Å². The van der Waals surface area contributed by atoms with E-state index < -0.39 is 11.7 Å². The smallest absolute Gasteiger partial charge is 0.160 e. The van der Waals surface area contributed by atoms with Gasteiger partial charge < -0.3 is 24.1 Å². The normalized spacial score (nSPS) is 24.4. The molecule has 1 N–H and O–H groups in total. The number of rotatable bonds is 2. The van der Waals surface area contributed by atoms with Crippen molar-refractivity contribution in [1.29, 1.82) is 0 Å². The van der Waals surface area contributed by atoms with Gasteiger partial charge in [-0.25, -0.2) is 0 Å². The van der Waals surface area contributed by atoms with Crippen LogP contribution in [0.4, 0.5) is 0 Å². The van der Waals surface area contributed by atoms with Crippen molar-refractivity contribution < 1.29 is 24.1 Å². The molecule has 2 unspecified atom stereocenters. The van der Waals surface area contributed by atoms with Crippen molar-refractivity contribution in [2.24, 2.45) is 0 Å². The minimum absolute atomic E-state index is 0.175. The second-order valence-corrected chi connectivity index (χ2v) is 5.94. The molecule has 0 aromatic heterocycles. The Morgan fingerprint density at radius 2 is 1.78 bits per heavy atom. The Bertz CT molecular complexity index is 757. The van der Waals surface area contributed by atoms with Crippen LogP contribution in [0.1, 0.15) is 17.2 Å². The topological polar surface area (TPSA) is 57.2 Å². The lowest BCUT2D eigenvalue weighted by Gasteiger charge is -2.44. The average molecular weight is 314 g/mol. The fourth-order valence-electron chi connectivity index (χ4n) is 3.26. The highest BCUT2D eigenvalue weighted by Crippen LogP contribution is 2.48. The SMILES string of the molecule is COc1ccc2c(c1)CC1(O)COc3cc(OC)ccc3C1O2. The molecule has 2 aliphatic rings. The summed E-state index contributed by atoms with van der Waals surface area (Å²) in [4.78, 5) is 0. The van der Waals surface area contributed by atoms with Crippen LogP contribution in [0.5, 0.6) is 23.0 Å². The molecule has 5 nitrogen and oxygen atoms in total. The van der Waals surface area contributed by atoms with Crippen LogP contribution in [0, 0.1) is 0 Å². The Kier molecular flexibility index (Phi) is 3.13. The number of hydrogen-bond donors (Lipinski definition) is 1. The highest BCUT2D eigenvalue weighted by atomic mass is 16.5. The molecule has 2 aromatic rings. The zero-order valence-corrected chi connectivity index (χ0v) is 13.0. The third-order valence-corrected chi connectivity index (χ3v) is 4.48. The van der Waals surface area contributed by atoms with Gasteiger partial charge in [0.25, 0.3) is 0 Å². The summed E-state index contributed by atoms with van der Waals surface area (Å²) in [6.07, 6.45) is -0.00610. The fourth-order valence-corrected chi connectivity index (χ4v) is 3.26. The van der Waals surface area contributed by atoms with Crippen molar-refractivity contribution in [2.75, 3.05) is 20.8 Å². The summed E-state index contributed by atoms with van der Waals surface area (Å²) in [6.45, 7) is 0.175. The van der Waals surface area contributed by atoms with Crippen molar-refractivity contribution in [3.05, 3.63) is 47.5 Å². The third-order valence-electron chi connectivity index (χ3n) is 4.48. The van der Waals surface area contributed by atoms with Gasteiger partial charge in [0.15, 0.2) is 6.10 Å². The van der Waals surface area contributed by atoms with Gasteiger partial charge in [0.2, 0.25) is 0 Å². The maximum absolute atomic E-state index is 11.1. The molecular formula is C18H18O5. The number of aliphatic hydroxyl groups is 1. The number of benzene rings is 2. The number of fused-ring (bicyclic) bond motifs is 4. The van der Waals surface area contributed by atoms with Crippen LogP contribution in [0.3, 0.4) is 0 Å². The Labute approximate surface area is 134 Å². The van der Waals surface area contributed by atoms with Crippen LogP contribution in [-0.2, 0) is 6.42 Å². The van der Waals surface area contributed by atoms with Crippen molar-refractivity contribution in [1.82, 2.24) is 0 Å². The Hall–Kier alpha value is -2.40. The first-order chi connectivity index (χ1) is 11.1. The van der Waals surface area contributed by atoms with Crippen LogP contribution >= 0.6 is 0 Å². The van der Waals surface area contributed by atoms with E-state index in [4.69, 9.17) is 18.9 Å². The molecule has 2 aromatic carbocycles. The molecule has 0 radical (unpaired) electrons. The lowest BCUT2D eigenvalue weighted by molar-refractivity contribution is -0.113. The van der Waals surface area contributed by atoms with Crippen molar-refractivity contribution in [3.63, 3.8) is 0 Å². The first-order valence-corrected chi connectivity index (χ1v) is 7.50. The molecule has 0 saturated heterocycles. The standard InChI is InChI=1S/C18H18O5/c1-20-12-4-6-15-11(7-12)9-18(19)10-22-16-8-13(21-2)3-5-14(16)17(18)23-15/h3-8,17,19H,9-10H2,1-2H3. The second-order valence-electron chi connectivity index (χ2n) is 5.94. The quantitative estimate of drug-likeness (QED) is 0.923. The monoisotopic (exact) mass is 314 g/mol. The summed E-state index contributed by atoms with van der Waals surface area (Å²) in [7, 11) is 3.23. The van der Waals surface area contributed by atoms with E-state index in [2.05, 4.69) is 0 Å². The predicted molar refractivity (Wildman–Crippen MR) is 83.5 cm³/mol. The first kappa shape index (κ1) is 14.2. The Morgan fingerprint density at radius 1 is 1.04 bits per heavy atom. The minimum atomic E-state index is -1.10. The molecule has 0 spiro atoms. The lowest BCUT2D eigenvalue weighted by atomic mass is 9.81. The molecule has 2 aliphatic heterocycles. The van der Waals surface area contributed by atoms with E-state index in [1.165, 1.54) is 0 Å².